The summed E-state index contributed by atoms with van der Waals surface area (Å²) in [6.07, 6.45) is 2.08. The molecule has 0 heterocycles. The Kier molecular flexibility index (Phi) is 5.22. The second-order valence-electron chi connectivity index (χ2n) is 1.95. The van der Waals surface area contributed by atoms with Gasteiger partial charge in [-0.25, -0.2) is 0 Å². The molecule has 10 heavy (non-hydrogen) atoms. The molecule has 0 aromatic carbocycles. The van der Waals surface area contributed by atoms with E-state index in [2.05, 4.69) is 31.8 Å². The Hall–Kier alpha value is -0.370. The zero-order valence-corrected chi connectivity index (χ0v) is 7.72. The van der Waals surface area contributed by atoms with Gasteiger partial charge in [0.25, 0.3) is 0 Å². The van der Waals surface area contributed by atoms with Crippen LogP contribution in [0, 0.1) is 0 Å². The van der Waals surface area contributed by atoms with Crippen molar-refractivity contribution in [3.63, 3.8) is 0 Å². The zero-order valence-electron chi connectivity index (χ0n) is 6.90. The standard InChI is InChI=1S/C8H15NS/c1-5-7(3)10-8(4)9-6-2/h5,9H,4,6H2,1-3H3/b7-5+. The third-order valence-electron chi connectivity index (χ3n) is 1.06. The first kappa shape index (κ1) is 9.63. The molecule has 0 spiro atoms. The Morgan fingerprint density at radius 1 is 1.70 bits per heavy atom. The molecule has 1 nitrogen and oxygen atoms in total. The molecule has 0 radical (unpaired) electrons. The lowest BCUT2D eigenvalue weighted by atomic mass is 10.6. The van der Waals surface area contributed by atoms with Crippen molar-refractivity contribution in [3.05, 3.63) is 22.6 Å². The molecule has 0 atom stereocenters. The summed E-state index contributed by atoms with van der Waals surface area (Å²) in [4.78, 5) is 1.28. The molecular formula is C8H15NS. The van der Waals surface area contributed by atoms with E-state index < -0.39 is 0 Å². The van der Waals surface area contributed by atoms with E-state index in [-0.39, 0.29) is 0 Å². The van der Waals surface area contributed by atoms with Gasteiger partial charge >= 0.3 is 0 Å². The maximum Gasteiger partial charge on any atom is 0.0653 e. The van der Waals surface area contributed by atoms with Crippen molar-refractivity contribution in [2.45, 2.75) is 20.8 Å². The summed E-state index contributed by atoms with van der Waals surface area (Å²) in [7, 11) is 0. The first-order valence-electron chi connectivity index (χ1n) is 3.44. The van der Waals surface area contributed by atoms with Gasteiger partial charge in [0.2, 0.25) is 0 Å². The van der Waals surface area contributed by atoms with Gasteiger partial charge in [-0.15, -0.1) is 0 Å². The van der Waals surface area contributed by atoms with Gasteiger partial charge in [-0.1, -0.05) is 24.4 Å². The minimum Gasteiger partial charge on any atom is -0.380 e. The van der Waals surface area contributed by atoms with Crippen molar-refractivity contribution in [1.82, 2.24) is 5.32 Å². The van der Waals surface area contributed by atoms with Crippen LogP contribution < -0.4 is 5.32 Å². The maximum atomic E-state index is 3.84. The summed E-state index contributed by atoms with van der Waals surface area (Å²) >= 11 is 1.68. The molecule has 0 fully saturated rings. The van der Waals surface area contributed by atoms with Crippen molar-refractivity contribution in [3.8, 4) is 0 Å². The summed E-state index contributed by atoms with van der Waals surface area (Å²) < 4.78 is 0. The third kappa shape index (κ3) is 4.50. The molecule has 2 heteroatoms. The Bertz CT molecular complexity index is 138. The van der Waals surface area contributed by atoms with Crippen LogP contribution >= 0.6 is 11.8 Å². The largest absolute Gasteiger partial charge is 0.380 e. The fraction of sp³-hybridized carbons (Fsp3) is 0.500. The van der Waals surface area contributed by atoms with Gasteiger partial charge in [0.05, 0.1) is 5.03 Å². The van der Waals surface area contributed by atoms with Crippen LogP contribution in [0.25, 0.3) is 0 Å². The average Bonchev–Trinajstić information content (AvgIpc) is 1.88. The van der Waals surface area contributed by atoms with Gasteiger partial charge in [0.1, 0.15) is 0 Å². The highest BCUT2D eigenvalue weighted by molar-refractivity contribution is 8.06. The fourth-order valence-corrected chi connectivity index (χ4v) is 1.21. The molecule has 0 bridgehead atoms. The molecule has 0 unspecified atom stereocenters. The van der Waals surface area contributed by atoms with Crippen molar-refractivity contribution < 1.29 is 0 Å². The number of nitrogens with one attached hydrogen (secondary N) is 1. The van der Waals surface area contributed by atoms with Crippen LogP contribution in [-0.2, 0) is 0 Å². The van der Waals surface area contributed by atoms with Crippen molar-refractivity contribution in [1.29, 1.82) is 0 Å². The van der Waals surface area contributed by atoms with E-state index >= 15 is 0 Å². The van der Waals surface area contributed by atoms with E-state index in [4.69, 9.17) is 0 Å². The minimum atomic E-state index is 0.947. The number of hydrogen-bond donors (Lipinski definition) is 1. The van der Waals surface area contributed by atoms with Gasteiger partial charge < -0.3 is 5.32 Å². The Labute approximate surface area is 67.6 Å². The first-order valence-corrected chi connectivity index (χ1v) is 4.25. The molecule has 1 N–H and O–H groups in total. The van der Waals surface area contributed by atoms with Crippen LogP contribution in [0.4, 0.5) is 0 Å². The molecule has 0 saturated heterocycles. The highest BCUT2D eigenvalue weighted by Crippen LogP contribution is 2.20. The normalized spacial score (nSPS) is 11.3. The van der Waals surface area contributed by atoms with Gasteiger partial charge in [0, 0.05) is 6.54 Å². The van der Waals surface area contributed by atoms with Crippen LogP contribution in [0.15, 0.2) is 22.6 Å². The predicted octanol–water partition coefficient (Wildman–Crippen LogP) is 2.72. The molecule has 58 valence electrons. The van der Waals surface area contributed by atoms with Crippen LogP contribution in [0.2, 0.25) is 0 Å². The third-order valence-corrected chi connectivity index (χ3v) is 2.01. The molecule has 0 aromatic rings. The quantitative estimate of drug-likeness (QED) is 0.673. The Morgan fingerprint density at radius 3 is 2.70 bits per heavy atom. The second kappa shape index (κ2) is 5.42. The summed E-state index contributed by atoms with van der Waals surface area (Å²) in [5.41, 5.74) is 0. The Balaban J connectivity index is 3.58. The van der Waals surface area contributed by atoms with E-state index in [1.165, 1.54) is 4.91 Å². The molecule has 0 aliphatic heterocycles. The SMILES string of the molecule is C=C(NCC)S/C(C)=C/C. The van der Waals surface area contributed by atoms with Gasteiger partial charge in [0.15, 0.2) is 0 Å². The maximum absolute atomic E-state index is 3.84. The lowest BCUT2D eigenvalue weighted by Crippen LogP contribution is -2.07. The predicted molar refractivity (Wildman–Crippen MR) is 49.8 cm³/mol. The number of allylic oxidation sites excluding steroid dienone is 2. The smallest absolute Gasteiger partial charge is 0.0653 e. The van der Waals surface area contributed by atoms with Crippen LogP contribution in [0.1, 0.15) is 20.8 Å². The molecular weight excluding hydrogens is 142 g/mol. The van der Waals surface area contributed by atoms with E-state index in [0.29, 0.717) is 0 Å². The van der Waals surface area contributed by atoms with E-state index in [0.717, 1.165) is 11.6 Å². The molecule has 0 aliphatic carbocycles. The summed E-state index contributed by atoms with van der Waals surface area (Å²) in [5, 5.41) is 4.16. The lowest BCUT2D eigenvalue weighted by Gasteiger charge is -2.05. The molecule has 0 saturated carbocycles. The topological polar surface area (TPSA) is 12.0 Å². The van der Waals surface area contributed by atoms with E-state index in [1.54, 1.807) is 11.8 Å². The summed E-state index contributed by atoms with van der Waals surface area (Å²) in [5.74, 6) is 0. The highest BCUT2D eigenvalue weighted by Gasteiger charge is 1.91. The molecule has 0 aromatic heterocycles. The second-order valence-corrected chi connectivity index (χ2v) is 3.30. The van der Waals surface area contributed by atoms with Crippen molar-refractivity contribution >= 4 is 11.8 Å². The first-order chi connectivity index (χ1) is 4.70. The van der Waals surface area contributed by atoms with Gasteiger partial charge in [-0.2, -0.15) is 0 Å². The zero-order chi connectivity index (χ0) is 7.98. The Morgan fingerprint density at radius 2 is 2.30 bits per heavy atom. The monoisotopic (exact) mass is 157 g/mol. The summed E-state index contributed by atoms with van der Waals surface area (Å²) in [6, 6.07) is 0. The van der Waals surface area contributed by atoms with Crippen LogP contribution in [0.5, 0.6) is 0 Å². The minimum absolute atomic E-state index is 0.947. The molecule has 0 amide bonds. The summed E-state index contributed by atoms with van der Waals surface area (Å²) in [6.45, 7) is 11.0. The number of hydrogen-bond acceptors (Lipinski definition) is 2. The molecule has 0 aliphatic rings. The number of thioether (sulfide) groups is 1. The number of rotatable bonds is 4. The van der Waals surface area contributed by atoms with Crippen molar-refractivity contribution in [2.24, 2.45) is 0 Å². The van der Waals surface area contributed by atoms with Gasteiger partial charge in [-0.05, 0) is 25.7 Å². The fourth-order valence-electron chi connectivity index (χ4n) is 0.487. The van der Waals surface area contributed by atoms with E-state index in [1.807, 2.05) is 6.92 Å². The van der Waals surface area contributed by atoms with Crippen LogP contribution in [-0.4, -0.2) is 6.54 Å². The highest BCUT2D eigenvalue weighted by atomic mass is 32.2. The van der Waals surface area contributed by atoms with E-state index in [9.17, 15) is 0 Å². The van der Waals surface area contributed by atoms with Gasteiger partial charge in [-0.3, -0.25) is 0 Å². The average molecular weight is 157 g/mol. The van der Waals surface area contributed by atoms with Crippen LogP contribution in [0.3, 0.4) is 0 Å². The lowest BCUT2D eigenvalue weighted by molar-refractivity contribution is 0.908. The molecule has 0 rings (SSSR count). The van der Waals surface area contributed by atoms with Crippen molar-refractivity contribution in [2.75, 3.05) is 6.54 Å².